The number of primary amides is 1. The van der Waals surface area contributed by atoms with Crippen LogP contribution in [0.4, 0.5) is 17.1 Å². The van der Waals surface area contributed by atoms with Gasteiger partial charge in [-0.2, -0.15) is 10.2 Å². The van der Waals surface area contributed by atoms with E-state index in [-0.39, 0.29) is 98.5 Å². The highest BCUT2D eigenvalue weighted by Gasteiger charge is 2.31. The maximum atomic E-state index is 14.0. The van der Waals surface area contributed by atoms with E-state index in [0.29, 0.717) is 29.6 Å². The van der Waals surface area contributed by atoms with Crippen molar-refractivity contribution >= 4 is 87.2 Å². The topological polar surface area (TPSA) is 449 Å². The third kappa shape index (κ3) is 22.7. The number of aromatic hydroxyl groups is 1. The molecule has 0 aliphatic rings. The average molecular weight is 1120 g/mol. The number of fused-ring (bicyclic) bond motifs is 1. The predicted molar refractivity (Wildman–Crippen MR) is 302 cm³/mol. The molecule has 1 heterocycles. The quantitative estimate of drug-likeness (QED) is 0.0104. The molecule has 0 aliphatic carbocycles. The molecule has 28 nitrogen and oxygen atoms in total. The number of rotatable bonds is 32. The molecule has 0 bridgehead atoms. The summed E-state index contributed by atoms with van der Waals surface area (Å²) in [5, 5.41) is 56.8. The van der Waals surface area contributed by atoms with Gasteiger partial charge in [0.05, 0.1) is 24.5 Å². The molecule has 81 heavy (non-hydrogen) atoms. The van der Waals surface area contributed by atoms with E-state index >= 15 is 0 Å². The van der Waals surface area contributed by atoms with Crippen LogP contribution in [0.5, 0.6) is 5.75 Å². The van der Waals surface area contributed by atoms with Crippen LogP contribution in [-0.2, 0) is 28.8 Å². The summed E-state index contributed by atoms with van der Waals surface area (Å²) < 4.78 is 5.12. The number of nitrogens with one attached hydrogen (secondary N) is 11. The molecular formula is C53H73N17O11. The Labute approximate surface area is 467 Å². The van der Waals surface area contributed by atoms with E-state index in [2.05, 4.69) is 58.1 Å². The molecule has 4 rings (SSSR count). The number of amides is 8. The molecule has 0 spiro atoms. The monoisotopic (exact) mass is 1120 g/mol. The first-order valence-corrected chi connectivity index (χ1v) is 26.0. The van der Waals surface area contributed by atoms with Gasteiger partial charge in [-0.1, -0.05) is 13.8 Å². The van der Waals surface area contributed by atoms with Crippen LogP contribution in [0.15, 0.2) is 92.2 Å². The SMILES string of the molecule is CC(C)C[C@H](NC(=O)[C@H](CCCNC(=N)N)NC(=O)c1ccc(/N=N/c2ccc(N(C)C)cc2)cc1)C(=O)N[C@@H](CCCNC(=N)N)C(=O)NCC(=O)NCC(=O)NCCCC[C@H](NC(=O)c1cc2ccc(O)cc2oc1=O)C(N)=O. The lowest BCUT2D eigenvalue weighted by Gasteiger charge is -2.26. The first-order valence-electron chi connectivity index (χ1n) is 26.0. The van der Waals surface area contributed by atoms with Crippen molar-refractivity contribution in [1.82, 2.24) is 47.9 Å². The van der Waals surface area contributed by atoms with Crippen molar-refractivity contribution < 1.29 is 47.9 Å². The lowest BCUT2D eigenvalue weighted by molar-refractivity contribution is -0.133. The zero-order valence-electron chi connectivity index (χ0n) is 45.6. The van der Waals surface area contributed by atoms with Gasteiger partial charge in [-0.05, 0) is 124 Å². The number of nitrogens with two attached hydrogens (primary N) is 3. The Morgan fingerprint density at radius 3 is 1.69 bits per heavy atom. The predicted octanol–water partition coefficient (Wildman–Crippen LogP) is 0.423. The molecule has 0 saturated carbocycles. The second kappa shape index (κ2) is 32.3. The van der Waals surface area contributed by atoms with Crippen molar-refractivity contribution in [2.24, 2.45) is 33.3 Å². The first kappa shape index (κ1) is 63.9. The number of phenolic OH excluding ortho intramolecular Hbond substituents is 1. The third-order valence-electron chi connectivity index (χ3n) is 12.1. The van der Waals surface area contributed by atoms with Crippen LogP contribution >= 0.6 is 0 Å². The maximum Gasteiger partial charge on any atom is 0.349 e. The standard InChI is InChI=1S/C53H73N17O11/c1-30(2)25-41(67-49(78)40(11-8-24-61-53(57)58)65-46(75)31-12-15-33(16-13-31)68-69-34-17-19-35(20-18-34)70(3)4)50(79)66-39(10-7-23-60-52(55)56)48(77)63-29-44(73)62-28-43(72)59-22-6-5-9-38(45(54)74)64-47(76)37-26-32-14-21-36(71)27-42(32)81-51(37)80/h12-21,26-27,30,38-41,71H,5-11,22-25,28-29H2,1-4H3,(H2,54,74)(H,59,72)(H,62,73)(H,63,77)(H,64,76)(H,65,75)(H,66,79)(H,67,78)(H4,55,56,60)(H4,57,58,61)/b69-68+/t38-,39-,40-,41-/m0/s1. The molecule has 4 atom stereocenters. The number of carbonyl (C=O) groups is 8. The number of anilines is 1. The highest BCUT2D eigenvalue weighted by molar-refractivity contribution is 6.00. The number of hydrogen-bond donors (Lipinski definition) is 15. The van der Waals surface area contributed by atoms with Gasteiger partial charge in [-0.15, -0.1) is 0 Å². The van der Waals surface area contributed by atoms with Gasteiger partial charge in [-0.3, -0.25) is 49.2 Å². The number of carbonyl (C=O) groups excluding carboxylic acids is 8. The van der Waals surface area contributed by atoms with Crippen molar-refractivity contribution in [3.63, 3.8) is 0 Å². The van der Waals surface area contributed by atoms with Crippen molar-refractivity contribution in [3.8, 4) is 5.75 Å². The Kier molecular flexibility index (Phi) is 25.5. The molecule has 0 saturated heterocycles. The summed E-state index contributed by atoms with van der Waals surface area (Å²) in [6.45, 7) is 3.02. The van der Waals surface area contributed by atoms with Gasteiger partial charge in [0.15, 0.2) is 11.9 Å². The molecule has 8 amide bonds. The molecule has 0 unspecified atom stereocenters. The van der Waals surface area contributed by atoms with Crippen molar-refractivity contribution in [2.45, 2.75) is 89.4 Å². The van der Waals surface area contributed by atoms with Gasteiger partial charge in [0.25, 0.3) is 11.8 Å². The zero-order chi connectivity index (χ0) is 59.6. The Morgan fingerprint density at radius 1 is 0.593 bits per heavy atom. The summed E-state index contributed by atoms with van der Waals surface area (Å²) in [6, 6.07) is 14.1. The summed E-state index contributed by atoms with van der Waals surface area (Å²) in [4.78, 5) is 120. The molecule has 0 radical (unpaired) electrons. The second-order valence-electron chi connectivity index (χ2n) is 19.3. The summed E-state index contributed by atoms with van der Waals surface area (Å²) in [6.07, 6.45) is 1.36. The van der Waals surface area contributed by atoms with E-state index in [1.807, 2.05) is 57.1 Å². The van der Waals surface area contributed by atoms with Crippen LogP contribution in [0, 0.1) is 16.7 Å². The van der Waals surface area contributed by atoms with Gasteiger partial charge in [0.2, 0.25) is 35.4 Å². The molecule has 3 aromatic carbocycles. The van der Waals surface area contributed by atoms with Crippen LogP contribution in [0.2, 0.25) is 0 Å². The Bertz CT molecular complexity index is 2950. The van der Waals surface area contributed by atoms with E-state index < -0.39 is 90.1 Å². The molecule has 18 N–H and O–H groups in total. The third-order valence-corrected chi connectivity index (χ3v) is 12.1. The van der Waals surface area contributed by atoms with Crippen LogP contribution in [0.3, 0.4) is 0 Å². The molecule has 4 aromatic rings. The molecule has 0 aliphatic heterocycles. The van der Waals surface area contributed by atoms with E-state index in [1.165, 1.54) is 36.4 Å². The first-order chi connectivity index (χ1) is 38.5. The molecule has 0 fully saturated rings. The number of benzene rings is 3. The minimum Gasteiger partial charge on any atom is -0.508 e. The van der Waals surface area contributed by atoms with Gasteiger partial charge >= 0.3 is 5.63 Å². The van der Waals surface area contributed by atoms with E-state index in [9.17, 15) is 48.3 Å². The average Bonchev–Trinajstić information content (AvgIpc) is 3.46. The number of unbranched alkanes of at least 4 members (excludes halogenated alkanes) is 1. The number of nitrogens with zero attached hydrogens (tertiary/aromatic N) is 3. The molecule has 1 aromatic heterocycles. The van der Waals surface area contributed by atoms with Crippen LogP contribution in [-0.4, -0.2) is 135 Å². The van der Waals surface area contributed by atoms with Gasteiger partial charge in [0, 0.05) is 56.4 Å². The largest absolute Gasteiger partial charge is 0.508 e. The molecule has 436 valence electrons. The Balaban J connectivity index is 1.31. The maximum absolute atomic E-state index is 14.0. The fourth-order valence-electron chi connectivity index (χ4n) is 7.77. The Hall–Kier alpha value is -9.63. The highest BCUT2D eigenvalue weighted by atomic mass is 16.4. The van der Waals surface area contributed by atoms with Gasteiger partial charge < -0.3 is 79.5 Å². The summed E-state index contributed by atoms with van der Waals surface area (Å²) in [5.74, 6) is -6.82. The normalized spacial score (nSPS) is 12.5. The fourth-order valence-corrected chi connectivity index (χ4v) is 7.77. The van der Waals surface area contributed by atoms with Crippen molar-refractivity contribution in [3.05, 3.63) is 94.3 Å². The number of hydrogen-bond acceptors (Lipinski definition) is 16. The Morgan fingerprint density at radius 2 is 1.11 bits per heavy atom. The number of phenols is 1. The van der Waals surface area contributed by atoms with Crippen molar-refractivity contribution in [2.75, 3.05) is 51.7 Å². The van der Waals surface area contributed by atoms with Crippen LogP contribution in [0.25, 0.3) is 11.0 Å². The summed E-state index contributed by atoms with van der Waals surface area (Å²) in [5.41, 5.74) is 17.4. The number of guanidine groups is 2. The van der Waals surface area contributed by atoms with E-state index in [1.54, 1.807) is 12.1 Å². The van der Waals surface area contributed by atoms with Gasteiger partial charge in [0.1, 0.15) is 41.1 Å². The summed E-state index contributed by atoms with van der Waals surface area (Å²) in [7, 11) is 3.85. The molecule has 28 heteroatoms. The molecular weight excluding hydrogens is 1050 g/mol. The van der Waals surface area contributed by atoms with E-state index in [4.69, 9.17) is 32.4 Å². The second-order valence-corrected chi connectivity index (χ2v) is 19.3. The smallest absolute Gasteiger partial charge is 0.349 e. The van der Waals surface area contributed by atoms with Crippen LogP contribution < -0.4 is 75.6 Å². The van der Waals surface area contributed by atoms with Gasteiger partial charge in [-0.25, -0.2) is 4.79 Å². The minimum atomic E-state index is -1.26. The van der Waals surface area contributed by atoms with E-state index in [0.717, 1.165) is 5.69 Å². The zero-order valence-corrected chi connectivity index (χ0v) is 45.6. The lowest BCUT2D eigenvalue weighted by atomic mass is 10.0. The minimum absolute atomic E-state index is 0.00283. The lowest BCUT2D eigenvalue weighted by Crippen LogP contribution is -2.57. The summed E-state index contributed by atoms with van der Waals surface area (Å²) >= 11 is 0. The number of azo groups is 1. The van der Waals surface area contributed by atoms with Crippen molar-refractivity contribution in [1.29, 1.82) is 10.8 Å². The fraction of sp³-hybridized carbons (Fsp3) is 0.415. The highest BCUT2D eigenvalue weighted by Crippen LogP contribution is 2.23. The van der Waals surface area contributed by atoms with Crippen LogP contribution in [0.1, 0.15) is 85.9 Å².